The molecule has 0 spiro atoms. The molecule has 0 aromatic rings. The van der Waals surface area contributed by atoms with Crippen LogP contribution in [-0.4, -0.2) is 5.21 Å². The number of hydrogen-bond donors (Lipinski definition) is 2. The molecule has 2 N–H and O–H groups in total. The van der Waals surface area contributed by atoms with Gasteiger partial charge in [-0.3, -0.25) is 0 Å². The molecule has 0 amide bonds. The molecular formula is H2ClHoNO. The molecule has 0 aliphatic rings. The molecular weight excluding hydrogens is 230 g/mol. The maximum absolute atomic E-state index is 7.08. The number of halogens is 1. The maximum Gasteiger partial charge on any atom is 0.00268 e. The van der Waals surface area contributed by atoms with Gasteiger partial charge in [0.1, 0.15) is 0 Å². The minimum Gasteiger partial charge on any atom is -0.301 e. The van der Waals surface area contributed by atoms with Gasteiger partial charge in [-0.15, -0.1) is 5.00 Å². The van der Waals surface area contributed by atoms with Gasteiger partial charge in [-0.2, -0.15) is 0 Å². The summed E-state index contributed by atoms with van der Waals surface area (Å²) in [7, 11) is 0. The molecule has 4 heavy (non-hydrogen) atoms. The van der Waals surface area contributed by atoms with Gasteiger partial charge < -0.3 is 5.21 Å². The summed E-state index contributed by atoms with van der Waals surface area (Å²) in [6, 6.07) is 0. The van der Waals surface area contributed by atoms with E-state index in [0.717, 1.165) is 0 Å². The van der Waals surface area contributed by atoms with Gasteiger partial charge in [0.25, 0.3) is 0 Å². The minimum atomic E-state index is 0. The van der Waals surface area contributed by atoms with Crippen molar-refractivity contribution in [3.8, 4) is 0 Å². The Kier molecular flexibility index (Phi) is 20.0. The standard InChI is InChI=1S/ClH2NO.Ho/c1-2-3;/h2-3H;. The second-order valence-electron chi connectivity index (χ2n) is 0.0845. The van der Waals surface area contributed by atoms with Gasteiger partial charge in [-0.05, 0) is 0 Å². The van der Waals surface area contributed by atoms with Crippen molar-refractivity contribution in [2.45, 2.75) is 0 Å². The van der Waals surface area contributed by atoms with E-state index in [4.69, 9.17) is 5.21 Å². The molecule has 0 aromatic carbocycles. The van der Waals surface area contributed by atoms with E-state index in [1.807, 2.05) is 0 Å². The van der Waals surface area contributed by atoms with Gasteiger partial charge in [0.2, 0.25) is 0 Å². The first kappa shape index (κ1) is 9.08. The molecule has 1 radical (unpaired) electrons. The summed E-state index contributed by atoms with van der Waals surface area (Å²) in [5.74, 6) is 0. The van der Waals surface area contributed by atoms with E-state index in [1.54, 1.807) is 0 Å². The van der Waals surface area contributed by atoms with E-state index in [0.29, 0.717) is 0 Å². The van der Waals surface area contributed by atoms with Crippen molar-refractivity contribution >= 4 is 11.8 Å². The molecule has 0 aromatic heterocycles. The predicted molar refractivity (Wildman–Crippen MR) is 10.8 cm³/mol. The van der Waals surface area contributed by atoms with Crippen LogP contribution in [0, 0.1) is 37.7 Å². The Morgan fingerprint density at radius 2 is 1.75 bits per heavy atom. The van der Waals surface area contributed by atoms with Crippen molar-refractivity contribution in [2.24, 2.45) is 0 Å². The predicted octanol–water partition coefficient (Wildman–Crippen LogP) is 0.119. The monoisotopic (exact) mass is 232 g/mol. The number of rotatable bonds is 0. The van der Waals surface area contributed by atoms with Crippen LogP contribution in [0.2, 0.25) is 0 Å². The fourth-order valence-electron chi connectivity index (χ4n) is 0. The van der Waals surface area contributed by atoms with Gasteiger partial charge in [0, 0.05) is 49.5 Å². The summed E-state index contributed by atoms with van der Waals surface area (Å²) in [5.41, 5.74) is 0. The fraction of sp³-hybridized carbons (Fsp3) is 0. The van der Waals surface area contributed by atoms with Gasteiger partial charge >= 0.3 is 0 Å². The van der Waals surface area contributed by atoms with Crippen molar-refractivity contribution < 1.29 is 42.9 Å². The Morgan fingerprint density at radius 3 is 1.75 bits per heavy atom. The summed E-state index contributed by atoms with van der Waals surface area (Å²) < 4.78 is 0. The van der Waals surface area contributed by atoms with Crippen LogP contribution in [0.25, 0.3) is 0 Å². The molecule has 0 saturated heterocycles. The van der Waals surface area contributed by atoms with Crippen LogP contribution in [0.4, 0.5) is 0 Å². The fourth-order valence-corrected chi connectivity index (χ4v) is 0. The van der Waals surface area contributed by atoms with Crippen molar-refractivity contribution in [1.82, 2.24) is 5.00 Å². The van der Waals surface area contributed by atoms with Gasteiger partial charge in [0.05, 0.1) is 0 Å². The zero-order chi connectivity index (χ0) is 2.71. The molecule has 4 heteroatoms. The Hall–Kier alpha value is 1.47. The largest absolute Gasteiger partial charge is 0.301 e. The quantitative estimate of drug-likeness (QED) is 0.353. The first-order valence-electron chi connectivity index (χ1n) is 0.413. The average molecular weight is 232 g/mol. The Morgan fingerprint density at radius 1 is 1.75 bits per heavy atom. The second kappa shape index (κ2) is 8.82. The van der Waals surface area contributed by atoms with Crippen LogP contribution in [-0.2, 0) is 0 Å². The molecule has 0 bridgehead atoms. The first-order valence-corrected chi connectivity index (χ1v) is 0.791. The summed E-state index contributed by atoms with van der Waals surface area (Å²) >= 11 is 4.30. The van der Waals surface area contributed by atoms with Crippen LogP contribution in [0.15, 0.2) is 0 Å². The molecule has 0 saturated carbocycles. The van der Waals surface area contributed by atoms with E-state index in [9.17, 15) is 0 Å². The van der Waals surface area contributed by atoms with Crippen LogP contribution >= 0.6 is 11.8 Å². The summed E-state index contributed by atoms with van der Waals surface area (Å²) in [4.78, 5) is 1.22. The maximum atomic E-state index is 7.08. The topological polar surface area (TPSA) is 32.3 Å². The second-order valence-corrected chi connectivity index (χ2v) is 0.254. The summed E-state index contributed by atoms with van der Waals surface area (Å²) in [6.45, 7) is 0. The van der Waals surface area contributed by atoms with Crippen LogP contribution in [0.5, 0.6) is 0 Å². The van der Waals surface area contributed by atoms with E-state index in [-0.39, 0.29) is 37.7 Å². The summed E-state index contributed by atoms with van der Waals surface area (Å²) in [6.07, 6.45) is 0. The molecule has 0 aliphatic carbocycles. The van der Waals surface area contributed by atoms with Crippen molar-refractivity contribution in [3.05, 3.63) is 0 Å². The number of nitrogens with one attached hydrogen (secondary N) is 1. The zero-order valence-electron chi connectivity index (χ0n) is 1.63. The molecule has 0 fully saturated rings. The Balaban J connectivity index is 0. The van der Waals surface area contributed by atoms with Gasteiger partial charge in [-0.1, -0.05) is 0 Å². The van der Waals surface area contributed by atoms with E-state index < -0.39 is 0 Å². The molecule has 2 nitrogen and oxygen atoms in total. The average Bonchev–Trinajstić information content (AvgIpc) is 0.918. The molecule has 0 aliphatic heterocycles. The van der Waals surface area contributed by atoms with Crippen molar-refractivity contribution in [2.75, 3.05) is 0 Å². The van der Waals surface area contributed by atoms with Crippen LogP contribution < -0.4 is 5.00 Å². The third-order valence-electron chi connectivity index (χ3n) is 0. The SMILES string of the molecule is ONCl.[Ho]. The Bertz CT molecular complexity index is 8.00. The molecule has 0 unspecified atom stereocenters. The van der Waals surface area contributed by atoms with Gasteiger partial charge in [0.15, 0.2) is 0 Å². The van der Waals surface area contributed by atoms with Crippen LogP contribution in [0.3, 0.4) is 0 Å². The summed E-state index contributed by atoms with van der Waals surface area (Å²) in [5, 5.41) is 7.08. The van der Waals surface area contributed by atoms with E-state index >= 15 is 0 Å². The van der Waals surface area contributed by atoms with Gasteiger partial charge in [-0.25, -0.2) is 0 Å². The van der Waals surface area contributed by atoms with E-state index in [1.165, 1.54) is 5.00 Å². The third-order valence-corrected chi connectivity index (χ3v) is 0. The molecule has 0 rings (SSSR count). The van der Waals surface area contributed by atoms with E-state index in [2.05, 4.69) is 11.8 Å². The van der Waals surface area contributed by atoms with Crippen molar-refractivity contribution in [3.63, 3.8) is 0 Å². The normalized spacial score (nSPS) is 4.50. The minimum absolute atomic E-state index is 0. The van der Waals surface area contributed by atoms with Crippen molar-refractivity contribution in [1.29, 1.82) is 0 Å². The number of hydrogen-bond acceptors (Lipinski definition) is 2. The third kappa shape index (κ3) is 9.80. The Labute approximate surface area is 59.2 Å². The first-order chi connectivity index (χ1) is 1.41. The molecule has 31 valence electrons. The molecule has 0 heterocycles. The zero-order valence-corrected chi connectivity index (χ0v) is 4.32. The van der Waals surface area contributed by atoms with Crippen LogP contribution in [0.1, 0.15) is 0 Å². The smallest absolute Gasteiger partial charge is 0.00268 e. The molecule has 0 atom stereocenters.